The van der Waals surface area contributed by atoms with Gasteiger partial charge in [-0.2, -0.15) is 0 Å². The van der Waals surface area contributed by atoms with Crippen LogP contribution in [0.5, 0.6) is 0 Å². The van der Waals surface area contributed by atoms with Gasteiger partial charge in [0, 0.05) is 16.8 Å². The Morgan fingerprint density at radius 2 is 1.77 bits per heavy atom. The number of unbranched alkanes of at least 4 members (excludes halogenated alkanes) is 1. The Labute approximate surface area is 181 Å². The van der Waals surface area contributed by atoms with E-state index in [1.165, 1.54) is 11.3 Å². The van der Waals surface area contributed by atoms with E-state index in [-0.39, 0.29) is 5.91 Å². The Kier molecular flexibility index (Phi) is 7.34. The van der Waals surface area contributed by atoms with Gasteiger partial charge in [-0.25, -0.2) is 4.79 Å². The van der Waals surface area contributed by atoms with Crippen molar-refractivity contribution in [2.75, 3.05) is 11.9 Å². The maximum atomic E-state index is 13.1. The molecule has 0 aromatic carbocycles. The number of thiophene rings is 1. The number of nitrogens with one attached hydrogen (secondary N) is 1. The van der Waals surface area contributed by atoms with Crippen LogP contribution in [0.3, 0.4) is 0 Å². The standard InChI is InChI=1S/C23H31NO5S/c1-4-5-10-29-23(28)19-15-8-6-7-9-18(15)30-21(19)24-20(25)16-11-13(2)14(3)12-17(16)22(26)27/h16-17H,4-12H2,1-3H3,(H,24,25)(H,26,27)/p-1/t16-,17+/m1/s1. The number of hydrogen-bond donors (Lipinski definition) is 1. The quantitative estimate of drug-likeness (QED) is 0.403. The van der Waals surface area contributed by atoms with Crippen molar-refractivity contribution in [3.63, 3.8) is 0 Å². The highest BCUT2D eigenvalue weighted by Crippen LogP contribution is 2.40. The van der Waals surface area contributed by atoms with E-state index in [0.29, 0.717) is 30.0 Å². The first-order valence-electron chi connectivity index (χ1n) is 10.8. The van der Waals surface area contributed by atoms with E-state index in [0.717, 1.165) is 60.1 Å². The summed E-state index contributed by atoms with van der Waals surface area (Å²) in [5.74, 6) is -3.53. The highest BCUT2D eigenvalue weighted by Gasteiger charge is 2.35. The summed E-state index contributed by atoms with van der Waals surface area (Å²) >= 11 is 1.42. The lowest BCUT2D eigenvalue weighted by atomic mass is 9.76. The number of aliphatic carboxylic acids is 1. The highest BCUT2D eigenvalue weighted by molar-refractivity contribution is 7.17. The fourth-order valence-corrected chi connectivity index (χ4v) is 5.55. The predicted octanol–water partition coefficient (Wildman–Crippen LogP) is 3.63. The van der Waals surface area contributed by atoms with Crippen LogP contribution in [0.25, 0.3) is 0 Å². The molecule has 0 saturated heterocycles. The Bertz CT molecular complexity index is 869. The van der Waals surface area contributed by atoms with E-state index >= 15 is 0 Å². The molecule has 1 N–H and O–H groups in total. The normalized spacial score (nSPS) is 21.2. The van der Waals surface area contributed by atoms with Gasteiger partial charge in [-0.05, 0) is 64.4 Å². The lowest BCUT2D eigenvalue weighted by Gasteiger charge is -2.32. The summed E-state index contributed by atoms with van der Waals surface area (Å²) in [4.78, 5) is 38.7. The molecule has 0 saturated carbocycles. The van der Waals surface area contributed by atoms with Crippen LogP contribution in [-0.2, 0) is 27.2 Å². The minimum atomic E-state index is -1.20. The zero-order valence-electron chi connectivity index (χ0n) is 18.0. The van der Waals surface area contributed by atoms with Gasteiger partial charge in [0.1, 0.15) is 5.00 Å². The predicted molar refractivity (Wildman–Crippen MR) is 114 cm³/mol. The van der Waals surface area contributed by atoms with Gasteiger partial charge in [0.2, 0.25) is 5.91 Å². The first-order chi connectivity index (χ1) is 14.3. The number of hydrogen-bond acceptors (Lipinski definition) is 6. The van der Waals surface area contributed by atoms with Gasteiger partial charge in [0.15, 0.2) is 0 Å². The van der Waals surface area contributed by atoms with E-state index < -0.39 is 23.8 Å². The summed E-state index contributed by atoms with van der Waals surface area (Å²) in [6.07, 6.45) is 6.17. The van der Waals surface area contributed by atoms with E-state index in [4.69, 9.17) is 4.74 Å². The molecule has 164 valence electrons. The molecule has 0 spiro atoms. The third-order valence-electron chi connectivity index (χ3n) is 6.25. The Balaban J connectivity index is 1.86. The maximum absolute atomic E-state index is 13.1. The maximum Gasteiger partial charge on any atom is 0.341 e. The number of fused-ring (bicyclic) bond motifs is 1. The molecule has 0 aliphatic heterocycles. The first-order valence-corrected chi connectivity index (χ1v) is 11.6. The smallest absolute Gasteiger partial charge is 0.341 e. The van der Waals surface area contributed by atoms with Crippen molar-refractivity contribution in [1.82, 2.24) is 0 Å². The first kappa shape index (κ1) is 22.5. The van der Waals surface area contributed by atoms with Gasteiger partial charge in [-0.1, -0.05) is 24.5 Å². The molecule has 2 aliphatic carbocycles. The molecule has 0 unspecified atom stereocenters. The molecule has 1 heterocycles. The van der Waals surface area contributed by atoms with Crippen LogP contribution < -0.4 is 10.4 Å². The van der Waals surface area contributed by atoms with Crippen molar-refractivity contribution in [1.29, 1.82) is 0 Å². The van der Waals surface area contributed by atoms with Crippen molar-refractivity contribution < 1.29 is 24.2 Å². The van der Waals surface area contributed by atoms with E-state index in [2.05, 4.69) is 5.32 Å². The number of ether oxygens (including phenoxy) is 1. The second-order valence-electron chi connectivity index (χ2n) is 8.39. The summed E-state index contributed by atoms with van der Waals surface area (Å²) in [6.45, 7) is 6.21. The topological polar surface area (TPSA) is 95.5 Å². The third kappa shape index (κ3) is 4.77. The fourth-order valence-electron chi connectivity index (χ4n) is 4.27. The molecule has 1 aromatic rings. The molecular weight excluding hydrogens is 402 g/mol. The van der Waals surface area contributed by atoms with Crippen LogP contribution in [0.2, 0.25) is 0 Å². The van der Waals surface area contributed by atoms with E-state index in [1.807, 2.05) is 20.8 Å². The van der Waals surface area contributed by atoms with Crippen molar-refractivity contribution in [3.05, 3.63) is 27.2 Å². The number of amides is 1. The monoisotopic (exact) mass is 432 g/mol. The number of esters is 1. The SMILES string of the molecule is CCCCOC(=O)c1c(NC(=O)[C@@H]2CC(C)=C(C)C[C@@H]2C(=O)[O-])sc2c1CCCC2. The largest absolute Gasteiger partial charge is 0.550 e. The van der Waals surface area contributed by atoms with Crippen molar-refractivity contribution in [2.24, 2.45) is 11.8 Å². The molecule has 2 aliphatic rings. The van der Waals surface area contributed by atoms with Gasteiger partial charge >= 0.3 is 5.97 Å². The lowest BCUT2D eigenvalue weighted by Crippen LogP contribution is -2.42. The molecule has 3 rings (SSSR count). The summed E-state index contributed by atoms with van der Waals surface area (Å²) in [7, 11) is 0. The van der Waals surface area contributed by atoms with E-state index in [1.54, 1.807) is 0 Å². The van der Waals surface area contributed by atoms with Crippen LogP contribution in [-0.4, -0.2) is 24.5 Å². The molecule has 30 heavy (non-hydrogen) atoms. The average molecular weight is 433 g/mol. The zero-order chi connectivity index (χ0) is 21.8. The highest BCUT2D eigenvalue weighted by atomic mass is 32.1. The minimum absolute atomic E-state index is 0.319. The van der Waals surface area contributed by atoms with Crippen LogP contribution in [0.4, 0.5) is 5.00 Å². The Morgan fingerprint density at radius 1 is 1.10 bits per heavy atom. The molecule has 0 radical (unpaired) electrons. The number of carbonyl (C=O) groups excluding carboxylic acids is 3. The summed E-state index contributed by atoms with van der Waals surface area (Å²) < 4.78 is 5.46. The molecule has 1 aromatic heterocycles. The second-order valence-corrected chi connectivity index (χ2v) is 9.50. The zero-order valence-corrected chi connectivity index (χ0v) is 18.8. The second kappa shape index (κ2) is 9.77. The van der Waals surface area contributed by atoms with Crippen molar-refractivity contribution in [3.8, 4) is 0 Å². The molecule has 2 atom stereocenters. The number of carbonyl (C=O) groups is 3. The summed E-state index contributed by atoms with van der Waals surface area (Å²) in [5.41, 5.74) is 3.48. The van der Waals surface area contributed by atoms with Gasteiger partial charge in [-0.15, -0.1) is 11.3 Å². The van der Waals surface area contributed by atoms with Crippen LogP contribution >= 0.6 is 11.3 Å². The molecule has 1 amide bonds. The number of allylic oxidation sites excluding steroid dienone is 2. The average Bonchev–Trinajstić information content (AvgIpc) is 3.07. The van der Waals surface area contributed by atoms with Gasteiger partial charge in [0.25, 0.3) is 0 Å². The third-order valence-corrected chi connectivity index (χ3v) is 7.46. The number of rotatable bonds is 7. The Morgan fingerprint density at radius 3 is 2.43 bits per heavy atom. The summed E-state index contributed by atoms with van der Waals surface area (Å²) in [6, 6.07) is 0. The van der Waals surface area contributed by atoms with Gasteiger partial charge in [0.05, 0.1) is 18.1 Å². The van der Waals surface area contributed by atoms with Gasteiger partial charge < -0.3 is 20.0 Å². The molecule has 0 fully saturated rings. The Hall–Kier alpha value is -2.15. The number of anilines is 1. The summed E-state index contributed by atoms with van der Waals surface area (Å²) in [5, 5.41) is 15.1. The lowest BCUT2D eigenvalue weighted by molar-refractivity contribution is -0.313. The van der Waals surface area contributed by atoms with Crippen LogP contribution in [0.15, 0.2) is 11.1 Å². The fraction of sp³-hybridized carbons (Fsp3) is 0.609. The minimum Gasteiger partial charge on any atom is -0.550 e. The molecule has 7 heteroatoms. The molecular formula is C23H30NO5S-. The van der Waals surface area contributed by atoms with Crippen molar-refractivity contribution in [2.45, 2.75) is 72.1 Å². The molecule has 0 bridgehead atoms. The number of carboxylic acids is 1. The van der Waals surface area contributed by atoms with Crippen molar-refractivity contribution >= 4 is 34.2 Å². The number of carboxylic acid groups (broad SMARTS) is 1. The van der Waals surface area contributed by atoms with Crippen LogP contribution in [0, 0.1) is 11.8 Å². The number of aryl methyl sites for hydroxylation is 1. The molecule has 6 nitrogen and oxygen atoms in total. The van der Waals surface area contributed by atoms with E-state index in [9.17, 15) is 19.5 Å². The van der Waals surface area contributed by atoms with Crippen LogP contribution in [0.1, 0.15) is 80.1 Å². The van der Waals surface area contributed by atoms with Gasteiger partial charge in [-0.3, -0.25) is 4.79 Å².